The summed E-state index contributed by atoms with van der Waals surface area (Å²) in [5.74, 6) is -0.167. The van der Waals surface area contributed by atoms with Gasteiger partial charge in [0.25, 0.3) is 0 Å². The number of halogens is 3. The Labute approximate surface area is 104 Å². The standard InChI is InChI=1S/C10H3BrClFN2O/c11-9-8(4-14)15-16-10(9)5-1-2-7(13)6(12)3-5/h1-3H. The van der Waals surface area contributed by atoms with Crippen molar-refractivity contribution in [1.29, 1.82) is 5.26 Å². The van der Waals surface area contributed by atoms with Crippen LogP contribution >= 0.6 is 27.5 Å². The number of rotatable bonds is 1. The molecule has 2 aromatic rings. The van der Waals surface area contributed by atoms with Gasteiger partial charge in [-0.1, -0.05) is 16.8 Å². The Balaban J connectivity index is 2.55. The molecule has 0 atom stereocenters. The first-order valence-corrected chi connectivity index (χ1v) is 5.31. The predicted molar refractivity (Wildman–Crippen MR) is 59.3 cm³/mol. The molecule has 2 rings (SSSR count). The quantitative estimate of drug-likeness (QED) is 0.805. The third-order valence-corrected chi connectivity index (χ3v) is 2.95. The van der Waals surface area contributed by atoms with Gasteiger partial charge in [-0.25, -0.2) is 4.39 Å². The number of aromatic nitrogens is 1. The van der Waals surface area contributed by atoms with Gasteiger partial charge in [0, 0.05) is 5.56 Å². The lowest BCUT2D eigenvalue weighted by Gasteiger charge is -1.98. The number of nitrogens with zero attached hydrogens (tertiary/aromatic N) is 2. The van der Waals surface area contributed by atoms with Crippen LogP contribution in [0.15, 0.2) is 27.2 Å². The van der Waals surface area contributed by atoms with Crippen molar-refractivity contribution in [3.8, 4) is 17.4 Å². The van der Waals surface area contributed by atoms with Crippen LogP contribution in [0.1, 0.15) is 5.69 Å². The number of benzene rings is 1. The lowest BCUT2D eigenvalue weighted by molar-refractivity contribution is 0.429. The second-order valence-corrected chi connectivity index (χ2v) is 4.12. The van der Waals surface area contributed by atoms with E-state index in [-0.39, 0.29) is 10.7 Å². The summed E-state index contributed by atoms with van der Waals surface area (Å²) in [6, 6.07) is 5.97. The molecule has 6 heteroatoms. The fourth-order valence-electron chi connectivity index (χ4n) is 1.17. The fraction of sp³-hybridized carbons (Fsp3) is 0. The summed E-state index contributed by atoms with van der Waals surface area (Å²) < 4.78 is 18.3. The number of hydrogen-bond donors (Lipinski definition) is 0. The zero-order valence-electron chi connectivity index (χ0n) is 7.67. The molecule has 1 heterocycles. The van der Waals surface area contributed by atoms with Gasteiger partial charge < -0.3 is 4.52 Å². The Morgan fingerprint density at radius 1 is 1.50 bits per heavy atom. The van der Waals surface area contributed by atoms with E-state index in [1.165, 1.54) is 18.2 Å². The van der Waals surface area contributed by atoms with Crippen LogP contribution in [0.3, 0.4) is 0 Å². The van der Waals surface area contributed by atoms with E-state index in [1.54, 1.807) is 0 Å². The number of hydrogen-bond acceptors (Lipinski definition) is 3. The first-order chi connectivity index (χ1) is 7.63. The second-order valence-electron chi connectivity index (χ2n) is 2.91. The van der Waals surface area contributed by atoms with Crippen LogP contribution in [0.2, 0.25) is 5.02 Å². The van der Waals surface area contributed by atoms with Crippen molar-refractivity contribution >= 4 is 27.5 Å². The molecule has 0 unspecified atom stereocenters. The van der Waals surface area contributed by atoms with Crippen molar-refractivity contribution in [2.75, 3.05) is 0 Å². The summed E-state index contributed by atoms with van der Waals surface area (Å²) in [5.41, 5.74) is 0.683. The van der Waals surface area contributed by atoms with E-state index >= 15 is 0 Å². The SMILES string of the molecule is N#Cc1noc(-c2ccc(F)c(Cl)c2)c1Br. The fourth-order valence-corrected chi connectivity index (χ4v) is 1.81. The molecule has 0 saturated heterocycles. The molecule has 1 aromatic carbocycles. The van der Waals surface area contributed by atoms with Crippen molar-refractivity contribution in [3.63, 3.8) is 0 Å². The Kier molecular flexibility index (Phi) is 2.95. The van der Waals surface area contributed by atoms with Gasteiger partial charge in [-0.15, -0.1) is 0 Å². The summed E-state index contributed by atoms with van der Waals surface area (Å²) >= 11 is 8.81. The summed E-state index contributed by atoms with van der Waals surface area (Å²) in [6.45, 7) is 0. The van der Waals surface area contributed by atoms with Crippen LogP contribution in [0.5, 0.6) is 0 Å². The monoisotopic (exact) mass is 300 g/mol. The highest BCUT2D eigenvalue weighted by atomic mass is 79.9. The average molecular weight is 302 g/mol. The van der Waals surface area contributed by atoms with Gasteiger partial charge in [0.15, 0.2) is 11.5 Å². The Morgan fingerprint density at radius 2 is 2.25 bits per heavy atom. The molecule has 0 aliphatic rings. The van der Waals surface area contributed by atoms with Crippen LogP contribution < -0.4 is 0 Å². The van der Waals surface area contributed by atoms with Crippen molar-refractivity contribution in [1.82, 2.24) is 5.16 Å². The minimum Gasteiger partial charge on any atom is -0.354 e. The molecule has 0 saturated carbocycles. The van der Waals surface area contributed by atoms with Crippen LogP contribution in [0.4, 0.5) is 4.39 Å². The molecule has 80 valence electrons. The minimum absolute atomic E-state index is 0.0145. The molecule has 3 nitrogen and oxygen atoms in total. The number of nitriles is 1. The normalized spacial score (nSPS) is 10.1. The van der Waals surface area contributed by atoms with Gasteiger partial charge in [0.05, 0.1) is 5.02 Å². The average Bonchev–Trinajstić information content (AvgIpc) is 2.64. The Morgan fingerprint density at radius 3 is 2.81 bits per heavy atom. The van der Waals surface area contributed by atoms with Crippen molar-refractivity contribution in [2.24, 2.45) is 0 Å². The van der Waals surface area contributed by atoms with E-state index in [9.17, 15) is 4.39 Å². The van der Waals surface area contributed by atoms with Crippen LogP contribution in [-0.2, 0) is 0 Å². The third-order valence-electron chi connectivity index (χ3n) is 1.92. The molecule has 0 aliphatic carbocycles. The molecule has 0 bridgehead atoms. The molecule has 0 aliphatic heterocycles. The van der Waals surface area contributed by atoms with E-state index < -0.39 is 5.82 Å². The zero-order valence-corrected chi connectivity index (χ0v) is 10.0. The smallest absolute Gasteiger partial charge is 0.198 e. The molecule has 0 spiro atoms. The summed E-state index contributed by atoms with van der Waals surface area (Å²) in [6.07, 6.45) is 0. The van der Waals surface area contributed by atoms with Gasteiger partial charge in [-0.05, 0) is 34.1 Å². The second kappa shape index (κ2) is 4.24. The molecular weight excluding hydrogens is 298 g/mol. The highest BCUT2D eigenvalue weighted by molar-refractivity contribution is 9.10. The Bertz CT molecular complexity index is 591. The lowest BCUT2D eigenvalue weighted by Crippen LogP contribution is -1.80. The molecule has 1 aromatic heterocycles. The highest BCUT2D eigenvalue weighted by Gasteiger charge is 2.15. The van der Waals surface area contributed by atoms with E-state index in [2.05, 4.69) is 21.1 Å². The van der Waals surface area contributed by atoms with Crippen LogP contribution in [0, 0.1) is 17.1 Å². The topological polar surface area (TPSA) is 49.8 Å². The molecule has 16 heavy (non-hydrogen) atoms. The molecule has 0 amide bonds. The summed E-state index contributed by atoms with van der Waals surface area (Å²) in [4.78, 5) is 0. The predicted octanol–water partition coefficient (Wildman–Crippen LogP) is 3.77. The highest BCUT2D eigenvalue weighted by Crippen LogP contribution is 2.32. The van der Waals surface area contributed by atoms with E-state index in [0.717, 1.165) is 0 Å². The first kappa shape index (κ1) is 11.1. The lowest BCUT2D eigenvalue weighted by atomic mass is 10.1. The van der Waals surface area contributed by atoms with Gasteiger partial charge in [-0.2, -0.15) is 5.26 Å². The Hall–Kier alpha value is -1.38. The maximum atomic E-state index is 12.9. The summed E-state index contributed by atoms with van der Waals surface area (Å²) in [5, 5.41) is 12.2. The van der Waals surface area contributed by atoms with E-state index in [0.29, 0.717) is 15.8 Å². The van der Waals surface area contributed by atoms with Crippen LogP contribution in [0.25, 0.3) is 11.3 Å². The maximum Gasteiger partial charge on any atom is 0.198 e. The largest absolute Gasteiger partial charge is 0.354 e. The van der Waals surface area contributed by atoms with Crippen molar-refractivity contribution in [3.05, 3.63) is 39.2 Å². The van der Waals surface area contributed by atoms with Crippen molar-refractivity contribution in [2.45, 2.75) is 0 Å². The first-order valence-electron chi connectivity index (χ1n) is 4.14. The van der Waals surface area contributed by atoms with E-state index in [4.69, 9.17) is 21.4 Å². The van der Waals surface area contributed by atoms with Crippen molar-refractivity contribution < 1.29 is 8.91 Å². The van der Waals surface area contributed by atoms with E-state index in [1.807, 2.05) is 6.07 Å². The van der Waals surface area contributed by atoms with Gasteiger partial charge in [-0.3, -0.25) is 0 Å². The molecule has 0 fully saturated rings. The molecular formula is C10H3BrClFN2O. The minimum atomic E-state index is -0.512. The third kappa shape index (κ3) is 1.82. The van der Waals surface area contributed by atoms with Gasteiger partial charge in [0.2, 0.25) is 0 Å². The van der Waals surface area contributed by atoms with Crippen LogP contribution in [-0.4, -0.2) is 5.16 Å². The van der Waals surface area contributed by atoms with Gasteiger partial charge in [0.1, 0.15) is 16.4 Å². The molecule has 0 radical (unpaired) electrons. The molecule has 0 N–H and O–H groups in total. The maximum absolute atomic E-state index is 12.9. The zero-order chi connectivity index (χ0) is 11.7. The van der Waals surface area contributed by atoms with Gasteiger partial charge >= 0.3 is 0 Å². The summed E-state index contributed by atoms with van der Waals surface area (Å²) in [7, 11) is 0.